The number of imide groups is 1. The summed E-state index contributed by atoms with van der Waals surface area (Å²) in [5, 5.41) is 2.48. The first-order chi connectivity index (χ1) is 13.2. The van der Waals surface area contributed by atoms with Crippen molar-refractivity contribution in [3.8, 4) is 5.75 Å². The molecule has 0 unspecified atom stereocenters. The molecule has 0 saturated carbocycles. The average molecular weight is 450 g/mol. The number of nitrogens with one attached hydrogen (secondary N) is 1. The van der Waals surface area contributed by atoms with Gasteiger partial charge in [0.05, 0.1) is 26.2 Å². The highest BCUT2D eigenvalue weighted by molar-refractivity contribution is 6.43. The fourth-order valence-electron chi connectivity index (χ4n) is 2.54. The van der Waals surface area contributed by atoms with Gasteiger partial charge in [-0.2, -0.15) is 8.78 Å². The summed E-state index contributed by atoms with van der Waals surface area (Å²) in [4.78, 5) is 37.7. The maximum absolute atomic E-state index is 12.4. The molecule has 1 aliphatic heterocycles. The molecule has 3 amide bonds. The Morgan fingerprint density at radius 3 is 2.07 bits per heavy atom. The van der Waals surface area contributed by atoms with E-state index in [9.17, 15) is 23.2 Å². The van der Waals surface area contributed by atoms with Crippen molar-refractivity contribution < 1.29 is 27.9 Å². The van der Waals surface area contributed by atoms with Gasteiger partial charge >= 0.3 is 6.61 Å². The van der Waals surface area contributed by atoms with Gasteiger partial charge in [0.1, 0.15) is 12.3 Å². The summed E-state index contributed by atoms with van der Waals surface area (Å²) in [6.07, 6.45) is 0. The van der Waals surface area contributed by atoms with Crippen LogP contribution in [0.1, 0.15) is 20.7 Å². The SMILES string of the molecule is O=C(CN1C(=O)c2cc(Cl)c(Cl)cc2C1=O)Nc1ccc(OC(F)F)c(Cl)c1. The summed E-state index contributed by atoms with van der Waals surface area (Å²) in [6.45, 7) is -3.62. The molecule has 0 radical (unpaired) electrons. The topological polar surface area (TPSA) is 75.7 Å². The predicted octanol–water partition coefficient (Wildman–Crippen LogP) is 4.48. The Labute approximate surface area is 171 Å². The van der Waals surface area contributed by atoms with Crippen molar-refractivity contribution in [1.29, 1.82) is 0 Å². The number of nitrogens with zero attached hydrogens (tertiary/aromatic N) is 1. The lowest BCUT2D eigenvalue weighted by atomic mass is 10.1. The van der Waals surface area contributed by atoms with Crippen LogP contribution < -0.4 is 10.1 Å². The number of carbonyl (C=O) groups excluding carboxylic acids is 3. The zero-order valence-electron chi connectivity index (χ0n) is 13.6. The molecular formula is C17H9Cl3F2N2O4. The minimum atomic E-state index is -3.05. The zero-order valence-corrected chi connectivity index (χ0v) is 15.9. The van der Waals surface area contributed by atoms with Crippen LogP contribution in [0.5, 0.6) is 5.75 Å². The molecule has 0 atom stereocenters. The van der Waals surface area contributed by atoms with Crippen molar-refractivity contribution >= 4 is 58.2 Å². The number of rotatable bonds is 5. The van der Waals surface area contributed by atoms with E-state index in [4.69, 9.17) is 34.8 Å². The highest BCUT2D eigenvalue weighted by Gasteiger charge is 2.37. The van der Waals surface area contributed by atoms with E-state index in [-0.39, 0.29) is 37.6 Å². The number of alkyl halides is 2. The first-order valence-corrected chi connectivity index (χ1v) is 8.70. The lowest BCUT2D eigenvalue weighted by Gasteiger charge is -2.14. The number of amides is 3. The Balaban J connectivity index is 1.71. The monoisotopic (exact) mass is 448 g/mol. The number of anilines is 1. The molecule has 2 aromatic rings. The molecule has 1 N–H and O–H groups in total. The van der Waals surface area contributed by atoms with E-state index in [1.165, 1.54) is 24.3 Å². The lowest BCUT2D eigenvalue weighted by Crippen LogP contribution is -2.37. The van der Waals surface area contributed by atoms with Crippen LogP contribution in [0.3, 0.4) is 0 Å². The predicted molar refractivity (Wildman–Crippen MR) is 98.5 cm³/mol. The first kappa shape index (κ1) is 20.3. The van der Waals surface area contributed by atoms with Gasteiger partial charge in [0.25, 0.3) is 11.8 Å². The quantitative estimate of drug-likeness (QED) is 0.683. The largest absolute Gasteiger partial charge is 0.433 e. The van der Waals surface area contributed by atoms with Crippen LogP contribution in [0, 0.1) is 0 Å². The van der Waals surface area contributed by atoms with Crippen LogP contribution >= 0.6 is 34.8 Å². The lowest BCUT2D eigenvalue weighted by molar-refractivity contribution is -0.116. The van der Waals surface area contributed by atoms with Crippen molar-refractivity contribution in [3.05, 3.63) is 56.5 Å². The Bertz CT molecular complexity index is 960. The molecule has 3 rings (SSSR count). The summed E-state index contributed by atoms with van der Waals surface area (Å²) in [5.74, 6) is -2.34. The molecule has 0 fully saturated rings. The van der Waals surface area contributed by atoms with E-state index in [0.29, 0.717) is 0 Å². The van der Waals surface area contributed by atoms with Crippen LogP contribution in [0.15, 0.2) is 30.3 Å². The van der Waals surface area contributed by atoms with Crippen LogP contribution in [0.25, 0.3) is 0 Å². The molecule has 0 bridgehead atoms. The van der Waals surface area contributed by atoms with Gasteiger partial charge in [-0.3, -0.25) is 19.3 Å². The third kappa shape index (κ3) is 4.04. The highest BCUT2D eigenvalue weighted by atomic mass is 35.5. The van der Waals surface area contributed by atoms with Gasteiger partial charge in [-0.1, -0.05) is 34.8 Å². The van der Waals surface area contributed by atoms with E-state index in [1.54, 1.807) is 0 Å². The van der Waals surface area contributed by atoms with Gasteiger partial charge in [0.15, 0.2) is 0 Å². The molecule has 1 aliphatic rings. The minimum absolute atomic E-state index is 0.0451. The highest BCUT2D eigenvalue weighted by Crippen LogP contribution is 2.32. The van der Waals surface area contributed by atoms with Crippen molar-refractivity contribution in [1.82, 2.24) is 4.90 Å². The van der Waals surface area contributed by atoms with E-state index in [0.717, 1.165) is 11.0 Å². The van der Waals surface area contributed by atoms with Crippen LogP contribution in [0.2, 0.25) is 15.1 Å². The van der Waals surface area contributed by atoms with Crippen molar-refractivity contribution in [2.45, 2.75) is 6.61 Å². The molecule has 2 aromatic carbocycles. The van der Waals surface area contributed by atoms with Gasteiger partial charge in [-0.15, -0.1) is 0 Å². The molecular weight excluding hydrogens is 441 g/mol. The first-order valence-electron chi connectivity index (χ1n) is 7.57. The molecule has 0 spiro atoms. The molecule has 11 heteroatoms. The van der Waals surface area contributed by atoms with Gasteiger partial charge < -0.3 is 10.1 Å². The van der Waals surface area contributed by atoms with E-state index >= 15 is 0 Å². The summed E-state index contributed by atoms with van der Waals surface area (Å²) >= 11 is 17.5. The summed E-state index contributed by atoms with van der Waals surface area (Å²) < 4.78 is 28.7. The van der Waals surface area contributed by atoms with Crippen LogP contribution in [-0.2, 0) is 4.79 Å². The number of fused-ring (bicyclic) bond motifs is 1. The van der Waals surface area contributed by atoms with Crippen molar-refractivity contribution in [3.63, 3.8) is 0 Å². The zero-order chi connectivity index (χ0) is 20.6. The third-order valence-electron chi connectivity index (χ3n) is 3.74. The molecule has 28 heavy (non-hydrogen) atoms. The fourth-order valence-corrected chi connectivity index (χ4v) is 3.09. The number of hydrogen-bond acceptors (Lipinski definition) is 4. The van der Waals surface area contributed by atoms with E-state index in [2.05, 4.69) is 10.1 Å². The van der Waals surface area contributed by atoms with Crippen molar-refractivity contribution in [2.24, 2.45) is 0 Å². The smallest absolute Gasteiger partial charge is 0.387 e. The average Bonchev–Trinajstić information content (AvgIpc) is 2.82. The molecule has 0 aliphatic carbocycles. The van der Waals surface area contributed by atoms with Gasteiger partial charge in [-0.05, 0) is 30.3 Å². The van der Waals surface area contributed by atoms with E-state index < -0.39 is 30.9 Å². The molecule has 146 valence electrons. The molecule has 6 nitrogen and oxygen atoms in total. The standard InChI is InChI=1S/C17H9Cl3F2N2O4/c18-10-4-8-9(5-11(10)19)16(27)24(15(8)26)6-14(25)23-7-1-2-13(12(20)3-7)28-17(21)22/h1-5,17H,6H2,(H,23,25). The molecule has 0 aromatic heterocycles. The van der Waals surface area contributed by atoms with Gasteiger partial charge in [-0.25, -0.2) is 0 Å². The van der Waals surface area contributed by atoms with Crippen LogP contribution in [0.4, 0.5) is 14.5 Å². The minimum Gasteiger partial charge on any atom is -0.433 e. The third-order valence-corrected chi connectivity index (χ3v) is 4.76. The Kier molecular flexibility index (Phi) is 5.74. The Morgan fingerprint density at radius 2 is 1.57 bits per heavy atom. The molecule has 0 saturated heterocycles. The number of ether oxygens (including phenoxy) is 1. The second kappa shape index (κ2) is 7.90. The molecule has 1 heterocycles. The Hall–Kier alpha value is -2.42. The summed E-state index contributed by atoms with van der Waals surface area (Å²) in [5.41, 5.74) is 0.256. The van der Waals surface area contributed by atoms with Crippen molar-refractivity contribution in [2.75, 3.05) is 11.9 Å². The van der Waals surface area contributed by atoms with Gasteiger partial charge in [0, 0.05) is 5.69 Å². The maximum atomic E-state index is 12.4. The number of hydrogen-bond donors (Lipinski definition) is 1. The number of benzene rings is 2. The summed E-state index contributed by atoms with van der Waals surface area (Å²) in [7, 11) is 0. The van der Waals surface area contributed by atoms with Crippen LogP contribution in [-0.4, -0.2) is 35.8 Å². The normalized spacial score (nSPS) is 13.1. The fraction of sp³-hybridized carbons (Fsp3) is 0.118. The van der Waals surface area contributed by atoms with E-state index in [1.807, 2.05) is 0 Å². The van der Waals surface area contributed by atoms with Gasteiger partial charge in [0.2, 0.25) is 5.91 Å². The maximum Gasteiger partial charge on any atom is 0.387 e. The second-order valence-electron chi connectivity index (χ2n) is 5.58. The second-order valence-corrected chi connectivity index (χ2v) is 6.80. The number of carbonyl (C=O) groups is 3. The number of halogens is 5. The Morgan fingerprint density at radius 1 is 1.00 bits per heavy atom. The summed E-state index contributed by atoms with van der Waals surface area (Å²) in [6, 6.07) is 6.15.